The molecule has 3 heterocycles. The summed E-state index contributed by atoms with van der Waals surface area (Å²) in [5.41, 5.74) is 2.58. The first-order chi connectivity index (χ1) is 14.1. The minimum Gasteiger partial charge on any atom is -0.356 e. The third-order valence-corrected chi connectivity index (χ3v) is 5.69. The second-order valence-corrected chi connectivity index (χ2v) is 7.73. The Bertz CT molecular complexity index is 1100. The van der Waals surface area contributed by atoms with E-state index in [0.29, 0.717) is 22.6 Å². The van der Waals surface area contributed by atoms with Crippen molar-refractivity contribution in [2.75, 3.05) is 11.9 Å². The molecule has 5 rings (SSSR count). The van der Waals surface area contributed by atoms with E-state index in [1.54, 1.807) is 0 Å². The summed E-state index contributed by atoms with van der Waals surface area (Å²) in [5, 5.41) is 7.75. The number of aliphatic imine (C=N–C) groups is 1. The number of benzene rings is 2. The molecule has 0 spiro atoms. The van der Waals surface area contributed by atoms with Gasteiger partial charge in [-0.1, -0.05) is 24.3 Å². The Kier molecular flexibility index (Phi) is 4.67. The average molecular weight is 459 g/mol. The average Bonchev–Trinajstić information content (AvgIpc) is 2.95. The topological polar surface area (TPSA) is 51.4 Å². The fourth-order valence-corrected chi connectivity index (χ4v) is 4.24. The fourth-order valence-electron chi connectivity index (χ4n) is 3.78. The number of anilines is 1. The Morgan fingerprint density at radius 2 is 1.86 bits per heavy atom. The van der Waals surface area contributed by atoms with E-state index in [1.165, 1.54) is 18.2 Å². The van der Waals surface area contributed by atoms with Gasteiger partial charge in [0.2, 0.25) is 0 Å². The highest BCUT2D eigenvalue weighted by Gasteiger charge is 2.30. The molecule has 0 amide bonds. The van der Waals surface area contributed by atoms with Crippen LogP contribution >= 0.6 is 15.9 Å². The Labute approximate surface area is 174 Å². The molecule has 29 heavy (non-hydrogen) atoms. The number of ether oxygens (including phenoxy) is 1. The molecule has 1 saturated heterocycles. The van der Waals surface area contributed by atoms with E-state index in [2.05, 4.69) is 31.3 Å². The standard InChI is InChI=1S/C21H17BrF2N4O/c22-20-18-19(28(27-20)16-10-3-4-11-29-16)12-6-1-2-9-15(12)25-21(26-18)17-13(23)7-5-8-14(17)24/h1-2,5-9,16H,3-4,10-11H2,(H,25,26). The van der Waals surface area contributed by atoms with E-state index in [0.717, 1.165) is 30.5 Å². The molecule has 5 nitrogen and oxygen atoms in total. The van der Waals surface area contributed by atoms with Gasteiger partial charge in [0, 0.05) is 12.2 Å². The number of halogens is 3. The van der Waals surface area contributed by atoms with Crippen LogP contribution in [0.25, 0.3) is 11.3 Å². The highest BCUT2D eigenvalue weighted by atomic mass is 79.9. The van der Waals surface area contributed by atoms with Crippen LogP contribution in [-0.4, -0.2) is 22.2 Å². The van der Waals surface area contributed by atoms with E-state index in [-0.39, 0.29) is 17.6 Å². The lowest BCUT2D eigenvalue weighted by Gasteiger charge is -2.24. The third kappa shape index (κ3) is 3.16. The van der Waals surface area contributed by atoms with Crippen molar-refractivity contribution >= 4 is 33.1 Å². The van der Waals surface area contributed by atoms with Gasteiger partial charge in [0.15, 0.2) is 10.8 Å². The first kappa shape index (κ1) is 18.4. The van der Waals surface area contributed by atoms with Crippen LogP contribution in [0.3, 0.4) is 0 Å². The summed E-state index contributed by atoms with van der Waals surface area (Å²) >= 11 is 3.50. The maximum Gasteiger partial charge on any atom is 0.152 e. The van der Waals surface area contributed by atoms with Gasteiger partial charge < -0.3 is 10.1 Å². The molecule has 3 aromatic rings. The first-order valence-electron chi connectivity index (χ1n) is 9.42. The van der Waals surface area contributed by atoms with Gasteiger partial charge in [-0.2, -0.15) is 5.10 Å². The summed E-state index contributed by atoms with van der Waals surface area (Å²) in [6.07, 6.45) is 2.72. The van der Waals surface area contributed by atoms with Crippen LogP contribution in [0.1, 0.15) is 31.1 Å². The number of hydrogen-bond donors (Lipinski definition) is 1. The highest BCUT2D eigenvalue weighted by molar-refractivity contribution is 9.10. The number of rotatable bonds is 2. The summed E-state index contributed by atoms with van der Waals surface area (Å²) in [6, 6.07) is 11.3. The monoisotopic (exact) mass is 458 g/mol. The van der Waals surface area contributed by atoms with Gasteiger partial charge in [-0.25, -0.2) is 18.5 Å². The lowest BCUT2D eigenvalue weighted by atomic mass is 10.1. The Hall–Kier alpha value is -2.58. The molecular formula is C21H17BrF2N4O. The SMILES string of the molecule is Fc1cccc(F)c1C1=Nc2ccccc2-c2c(c(Br)nn2C2CCCCO2)N1. The fraction of sp³-hybridized carbons (Fsp3) is 0.238. The van der Waals surface area contributed by atoms with Crippen molar-refractivity contribution < 1.29 is 13.5 Å². The van der Waals surface area contributed by atoms with Gasteiger partial charge >= 0.3 is 0 Å². The van der Waals surface area contributed by atoms with Crippen LogP contribution in [-0.2, 0) is 4.74 Å². The van der Waals surface area contributed by atoms with E-state index in [4.69, 9.17) is 4.74 Å². The molecule has 148 valence electrons. The second kappa shape index (κ2) is 7.35. The van der Waals surface area contributed by atoms with Gasteiger partial charge in [-0.15, -0.1) is 0 Å². The van der Waals surface area contributed by atoms with Crippen LogP contribution in [0.2, 0.25) is 0 Å². The zero-order valence-electron chi connectivity index (χ0n) is 15.3. The van der Waals surface area contributed by atoms with Gasteiger partial charge in [-0.3, -0.25) is 0 Å². The van der Waals surface area contributed by atoms with Crippen molar-refractivity contribution in [3.05, 3.63) is 64.3 Å². The van der Waals surface area contributed by atoms with E-state index in [1.807, 2.05) is 28.9 Å². The largest absolute Gasteiger partial charge is 0.356 e. The van der Waals surface area contributed by atoms with E-state index >= 15 is 0 Å². The van der Waals surface area contributed by atoms with Crippen molar-refractivity contribution in [2.24, 2.45) is 4.99 Å². The minimum atomic E-state index is -0.684. The normalized spacial score (nSPS) is 18.3. The second-order valence-electron chi connectivity index (χ2n) is 6.98. The van der Waals surface area contributed by atoms with Crippen molar-refractivity contribution in [3.8, 4) is 11.3 Å². The van der Waals surface area contributed by atoms with Crippen molar-refractivity contribution in [1.29, 1.82) is 0 Å². The predicted octanol–water partition coefficient (Wildman–Crippen LogP) is 5.79. The molecule has 0 bridgehead atoms. The molecule has 2 aliphatic heterocycles. The summed E-state index contributed by atoms with van der Waals surface area (Å²) in [4.78, 5) is 4.57. The molecule has 2 aromatic carbocycles. The molecule has 2 aliphatic rings. The maximum atomic E-state index is 14.5. The van der Waals surface area contributed by atoms with Crippen molar-refractivity contribution in [1.82, 2.24) is 9.78 Å². The molecule has 0 aliphatic carbocycles. The van der Waals surface area contributed by atoms with Gasteiger partial charge in [0.25, 0.3) is 0 Å². The molecule has 0 radical (unpaired) electrons. The lowest BCUT2D eigenvalue weighted by molar-refractivity contribution is -0.0385. The number of aromatic nitrogens is 2. The number of nitrogens with one attached hydrogen (secondary N) is 1. The van der Waals surface area contributed by atoms with E-state index in [9.17, 15) is 8.78 Å². The zero-order chi connectivity index (χ0) is 20.0. The quantitative estimate of drug-likeness (QED) is 0.528. The molecule has 1 N–H and O–H groups in total. The van der Waals surface area contributed by atoms with Crippen LogP contribution in [0.4, 0.5) is 20.2 Å². The Balaban J connectivity index is 1.73. The predicted molar refractivity (Wildman–Crippen MR) is 110 cm³/mol. The van der Waals surface area contributed by atoms with E-state index < -0.39 is 11.6 Å². The van der Waals surface area contributed by atoms with Gasteiger partial charge in [0.1, 0.15) is 23.2 Å². The molecule has 1 fully saturated rings. The maximum absolute atomic E-state index is 14.5. The molecular weight excluding hydrogens is 442 g/mol. The van der Waals surface area contributed by atoms with Gasteiger partial charge in [0.05, 0.1) is 16.9 Å². The molecule has 8 heteroatoms. The Morgan fingerprint density at radius 1 is 1.07 bits per heavy atom. The smallest absolute Gasteiger partial charge is 0.152 e. The lowest BCUT2D eigenvalue weighted by Crippen LogP contribution is -2.20. The number of hydrogen-bond acceptors (Lipinski definition) is 4. The molecule has 0 saturated carbocycles. The third-order valence-electron chi connectivity index (χ3n) is 5.13. The minimum absolute atomic E-state index is 0.0941. The number of amidine groups is 1. The van der Waals surface area contributed by atoms with Crippen molar-refractivity contribution in [3.63, 3.8) is 0 Å². The van der Waals surface area contributed by atoms with Crippen molar-refractivity contribution in [2.45, 2.75) is 25.5 Å². The summed E-state index contributed by atoms with van der Waals surface area (Å²) in [7, 11) is 0. The number of para-hydroxylation sites is 1. The highest BCUT2D eigenvalue weighted by Crippen LogP contribution is 2.44. The number of fused-ring (bicyclic) bond motifs is 3. The summed E-state index contributed by atoms with van der Waals surface area (Å²) in [5.74, 6) is -1.27. The Morgan fingerprint density at radius 3 is 2.62 bits per heavy atom. The van der Waals surface area contributed by atoms with Crippen LogP contribution < -0.4 is 5.32 Å². The van der Waals surface area contributed by atoms with Crippen LogP contribution in [0.5, 0.6) is 0 Å². The molecule has 1 aromatic heterocycles. The summed E-state index contributed by atoms with van der Waals surface area (Å²) in [6.45, 7) is 0.675. The van der Waals surface area contributed by atoms with Crippen LogP contribution in [0.15, 0.2) is 52.1 Å². The first-order valence-corrected chi connectivity index (χ1v) is 10.2. The molecule has 1 unspecified atom stereocenters. The van der Waals surface area contributed by atoms with Gasteiger partial charge in [-0.05, 0) is 53.4 Å². The van der Waals surface area contributed by atoms with Crippen LogP contribution in [0, 0.1) is 11.6 Å². The zero-order valence-corrected chi connectivity index (χ0v) is 16.9. The summed E-state index contributed by atoms with van der Waals surface area (Å²) < 4.78 is 37.3. The molecule has 1 atom stereocenters. The number of nitrogens with zero attached hydrogens (tertiary/aromatic N) is 3.